The van der Waals surface area contributed by atoms with Gasteiger partial charge in [0, 0.05) is 0 Å². The van der Waals surface area contributed by atoms with Crippen molar-refractivity contribution in [2.24, 2.45) is 0 Å². The number of nitrogens with one attached hydrogen (secondary N) is 2. The van der Waals surface area contributed by atoms with Gasteiger partial charge in [0.1, 0.15) is 11.6 Å². The number of fused-ring (bicyclic) bond motifs is 1. The summed E-state index contributed by atoms with van der Waals surface area (Å²) >= 11 is 0. The maximum absolute atomic E-state index is 11.7. The quantitative estimate of drug-likeness (QED) is 0.380. The van der Waals surface area contributed by atoms with Crippen LogP contribution in [0.25, 0.3) is 17.1 Å². The van der Waals surface area contributed by atoms with E-state index in [-0.39, 0.29) is 11.3 Å². The zero-order valence-corrected chi connectivity index (χ0v) is 11.6. The molecule has 21 heavy (non-hydrogen) atoms. The fourth-order valence-corrected chi connectivity index (χ4v) is 1.83. The van der Waals surface area contributed by atoms with Gasteiger partial charge in [-0.15, -0.1) is 0 Å². The molecule has 0 amide bonds. The number of aromatic amines is 2. The lowest BCUT2D eigenvalue weighted by Gasteiger charge is -2.02. The molecule has 1 aromatic heterocycles. The minimum atomic E-state index is -0.631. The van der Waals surface area contributed by atoms with E-state index >= 15 is 0 Å². The van der Waals surface area contributed by atoms with Crippen LogP contribution in [0.2, 0.25) is 0 Å². The van der Waals surface area contributed by atoms with Crippen molar-refractivity contribution in [3.05, 3.63) is 39.8 Å². The summed E-state index contributed by atoms with van der Waals surface area (Å²) in [5.41, 5.74) is 1.56. The summed E-state index contributed by atoms with van der Waals surface area (Å²) in [5.74, 6) is -0.631. The molecule has 1 heterocycles. The third-order valence-corrected chi connectivity index (χ3v) is 2.92. The van der Waals surface area contributed by atoms with E-state index in [1.165, 1.54) is 6.08 Å². The Bertz CT molecular complexity index is 777. The number of aromatic nitrogens is 2. The summed E-state index contributed by atoms with van der Waals surface area (Å²) in [7, 11) is 0. The normalized spacial score (nSPS) is 11.3. The second-order valence-corrected chi connectivity index (χ2v) is 4.54. The monoisotopic (exact) mass is 285 g/mol. The molecule has 108 valence electrons. The highest BCUT2D eigenvalue weighted by molar-refractivity contribution is 5.98. The van der Waals surface area contributed by atoms with Crippen molar-refractivity contribution in [1.29, 1.82) is 5.26 Å². The van der Waals surface area contributed by atoms with E-state index in [0.29, 0.717) is 23.2 Å². The van der Waals surface area contributed by atoms with E-state index in [9.17, 15) is 9.59 Å². The molecule has 2 N–H and O–H groups in total. The van der Waals surface area contributed by atoms with Gasteiger partial charge in [0.2, 0.25) is 0 Å². The molecule has 0 aliphatic rings. The van der Waals surface area contributed by atoms with Gasteiger partial charge < -0.3 is 14.7 Å². The van der Waals surface area contributed by atoms with Gasteiger partial charge >= 0.3 is 11.7 Å². The van der Waals surface area contributed by atoms with Gasteiger partial charge in [-0.3, -0.25) is 0 Å². The number of carbonyl (C=O) groups excluding carboxylic acids is 1. The molecular formula is C15H15N3O3. The Hall–Kier alpha value is -2.81. The van der Waals surface area contributed by atoms with Crippen molar-refractivity contribution >= 4 is 23.1 Å². The molecule has 1 aromatic carbocycles. The number of hydrogen-bond donors (Lipinski definition) is 2. The summed E-state index contributed by atoms with van der Waals surface area (Å²) in [6.45, 7) is 2.29. The Balaban J connectivity index is 2.23. The maximum Gasteiger partial charge on any atom is 0.348 e. The van der Waals surface area contributed by atoms with Crippen LogP contribution in [0.3, 0.4) is 0 Å². The predicted molar refractivity (Wildman–Crippen MR) is 78.4 cm³/mol. The minimum Gasteiger partial charge on any atom is -0.462 e. The molecule has 0 saturated carbocycles. The SMILES string of the molecule is CCCCOC(=O)C(C#N)=Cc1ccc2[nH]c(=O)[nH]c2c1. The average Bonchev–Trinajstić information content (AvgIpc) is 2.84. The van der Waals surface area contributed by atoms with Gasteiger partial charge in [-0.1, -0.05) is 19.4 Å². The second-order valence-electron chi connectivity index (χ2n) is 4.54. The lowest BCUT2D eigenvalue weighted by Crippen LogP contribution is -2.07. The Morgan fingerprint density at radius 1 is 1.38 bits per heavy atom. The van der Waals surface area contributed by atoms with Crippen LogP contribution in [0.1, 0.15) is 25.3 Å². The van der Waals surface area contributed by atoms with Crippen molar-refractivity contribution in [3.8, 4) is 6.07 Å². The van der Waals surface area contributed by atoms with Gasteiger partial charge in [-0.2, -0.15) is 5.26 Å². The Morgan fingerprint density at radius 3 is 2.86 bits per heavy atom. The third kappa shape index (κ3) is 3.60. The first-order valence-corrected chi connectivity index (χ1v) is 6.65. The molecule has 0 aliphatic carbocycles. The summed E-state index contributed by atoms with van der Waals surface area (Å²) in [4.78, 5) is 28.2. The number of ether oxygens (including phenoxy) is 1. The lowest BCUT2D eigenvalue weighted by atomic mass is 10.1. The Labute approximate surface area is 121 Å². The molecular weight excluding hydrogens is 270 g/mol. The first-order chi connectivity index (χ1) is 10.1. The fraction of sp³-hybridized carbons (Fsp3) is 0.267. The molecule has 0 spiro atoms. The third-order valence-electron chi connectivity index (χ3n) is 2.92. The van der Waals surface area contributed by atoms with Gasteiger partial charge in [0.05, 0.1) is 17.6 Å². The topological polar surface area (TPSA) is 98.7 Å². The molecule has 6 heteroatoms. The highest BCUT2D eigenvalue weighted by Gasteiger charge is 2.10. The molecule has 0 radical (unpaired) electrons. The fourth-order valence-electron chi connectivity index (χ4n) is 1.83. The molecule has 0 unspecified atom stereocenters. The number of benzene rings is 1. The first kappa shape index (κ1) is 14.6. The number of nitriles is 1. The molecule has 2 rings (SSSR count). The summed E-state index contributed by atoms with van der Waals surface area (Å²) < 4.78 is 5.01. The van der Waals surface area contributed by atoms with Crippen LogP contribution in [0.4, 0.5) is 0 Å². The van der Waals surface area contributed by atoms with E-state index in [0.717, 1.165) is 12.8 Å². The lowest BCUT2D eigenvalue weighted by molar-refractivity contribution is -0.138. The number of unbranched alkanes of at least 4 members (excludes halogenated alkanes) is 1. The Kier molecular flexibility index (Phi) is 4.57. The maximum atomic E-state index is 11.7. The summed E-state index contributed by atoms with van der Waals surface area (Å²) in [5, 5.41) is 9.05. The van der Waals surface area contributed by atoms with E-state index in [4.69, 9.17) is 10.00 Å². The largest absolute Gasteiger partial charge is 0.462 e. The van der Waals surface area contributed by atoms with E-state index in [1.54, 1.807) is 18.2 Å². The number of carbonyl (C=O) groups is 1. The number of H-pyrrole nitrogens is 2. The molecule has 0 bridgehead atoms. The van der Waals surface area contributed by atoms with Crippen molar-refractivity contribution in [3.63, 3.8) is 0 Å². The van der Waals surface area contributed by atoms with Crippen molar-refractivity contribution in [1.82, 2.24) is 9.97 Å². The zero-order chi connectivity index (χ0) is 15.2. The van der Waals surface area contributed by atoms with Crippen molar-refractivity contribution in [2.75, 3.05) is 6.61 Å². The molecule has 0 saturated heterocycles. The Morgan fingerprint density at radius 2 is 2.14 bits per heavy atom. The van der Waals surface area contributed by atoms with Crippen LogP contribution >= 0.6 is 0 Å². The smallest absolute Gasteiger partial charge is 0.348 e. The van der Waals surface area contributed by atoms with E-state index in [2.05, 4.69) is 9.97 Å². The van der Waals surface area contributed by atoms with E-state index in [1.807, 2.05) is 13.0 Å². The van der Waals surface area contributed by atoms with Crippen LogP contribution < -0.4 is 5.69 Å². The zero-order valence-electron chi connectivity index (χ0n) is 11.6. The van der Waals surface area contributed by atoms with Crippen LogP contribution in [0.5, 0.6) is 0 Å². The van der Waals surface area contributed by atoms with Crippen LogP contribution in [-0.2, 0) is 9.53 Å². The molecule has 0 aliphatic heterocycles. The van der Waals surface area contributed by atoms with Gasteiger partial charge in [0.15, 0.2) is 0 Å². The number of hydrogen-bond acceptors (Lipinski definition) is 4. The van der Waals surface area contributed by atoms with Crippen LogP contribution in [-0.4, -0.2) is 22.5 Å². The highest BCUT2D eigenvalue weighted by Crippen LogP contribution is 2.14. The number of rotatable bonds is 5. The number of nitrogens with zero attached hydrogens (tertiary/aromatic N) is 1. The minimum absolute atomic E-state index is 0.0664. The standard InChI is InChI=1S/C15H15N3O3/c1-2-3-6-21-14(19)11(9-16)7-10-4-5-12-13(8-10)18-15(20)17-12/h4-5,7-8H,2-3,6H2,1H3,(H2,17,18,20). The van der Waals surface area contributed by atoms with E-state index < -0.39 is 5.97 Å². The van der Waals surface area contributed by atoms with Crippen LogP contribution in [0, 0.1) is 11.3 Å². The average molecular weight is 285 g/mol. The molecule has 0 atom stereocenters. The number of esters is 1. The first-order valence-electron chi connectivity index (χ1n) is 6.65. The van der Waals surface area contributed by atoms with Gasteiger partial charge in [0.25, 0.3) is 0 Å². The second kappa shape index (κ2) is 6.57. The van der Waals surface area contributed by atoms with Gasteiger partial charge in [-0.05, 0) is 30.2 Å². The predicted octanol–water partition coefficient (Wildman–Crippen LogP) is 2.11. The molecule has 0 fully saturated rings. The molecule has 2 aromatic rings. The summed E-state index contributed by atoms with van der Waals surface area (Å²) in [6.07, 6.45) is 3.12. The number of imidazole rings is 1. The summed E-state index contributed by atoms with van der Waals surface area (Å²) in [6, 6.07) is 6.94. The van der Waals surface area contributed by atoms with Gasteiger partial charge in [-0.25, -0.2) is 9.59 Å². The van der Waals surface area contributed by atoms with Crippen LogP contribution in [0.15, 0.2) is 28.6 Å². The van der Waals surface area contributed by atoms with Crippen molar-refractivity contribution < 1.29 is 9.53 Å². The molecule has 6 nitrogen and oxygen atoms in total. The highest BCUT2D eigenvalue weighted by atomic mass is 16.5. The van der Waals surface area contributed by atoms with Crippen molar-refractivity contribution in [2.45, 2.75) is 19.8 Å².